The van der Waals surface area contributed by atoms with Gasteiger partial charge in [0, 0.05) is 18.3 Å². The van der Waals surface area contributed by atoms with E-state index in [9.17, 15) is 9.59 Å². The van der Waals surface area contributed by atoms with E-state index < -0.39 is 24.0 Å². The number of imidazole rings is 1. The van der Waals surface area contributed by atoms with Crippen molar-refractivity contribution < 1.29 is 14.7 Å². The Hall–Kier alpha value is -1.89. The Morgan fingerprint density at radius 2 is 2.22 bits per heavy atom. The average molecular weight is 254 g/mol. The van der Waals surface area contributed by atoms with E-state index in [1.54, 1.807) is 20.0 Å². The first-order valence-corrected chi connectivity index (χ1v) is 5.67. The summed E-state index contributed by atoms with van der Waals surface area (Å²) in [6.45, 7) is 3.44. The van der Waals surface area contributed by atoms with E-state index in [0.29, 0.717) is 0 Å². The van der Waals surface area contributed by atoms with Crippen molar-refractivity contribution in [2.45, 2.75) is 32.4 Å². The second-order valence-corrected chi connectivity index (χ2v) is 4.46. The van der Waals surface area contributed by atoms with Gasteiger partial charge in [-0.05, 0) is 5.92 Å². The zero-order chi connectivity index (χ0) is 13.7. The molecule has 0 fully saturated rings. The monoisotopic (exact) mass is 254 g/mol. The molecular formula is C11H18N4O3. The molecule has 1 aromatic heterocycles. The van der Waals surface area contributed by atoms with Crippen molar-refractivity contribution >= 4 is 11.9 Å². The van der Waals surface area contributed by atoms with Gasteiger partial charge in [-0.3, -0.25) is 4.79 Å². The van der Waals surface area contributed by atoms with Crippen LogP contribution in [0.2, 0.25) is 0 Å². The molecule has 1 aromatic rings. The Morgan fingerprint density at radius 3 is 2.67 bits per heavy atom. The maximum absolute atomic E-state index is 11.8. The van der Waals surface area contributed by atoms with Gasteiger partial charge < -0.3 is 21.1 Å². The summed E-state index contributed by atoms with van der Waals surface area (Å²) in [6.07, 6.45) is 3.36. The smallest absolute Gasteiger partial charge is 0.326 e. The first-order chi connectivity index (χ1) is 8.41. The van der Waals surface area contributed by atoms with Crippen molar-refractivity contribution in [1.82, 2.24) is 15.3 Å². The summed E-state index contributed by atoms with van der Waals surface area (Å²) in [5, 5.41) is 11.4. The van der Waals surface area contributed by atoms with Gasteiger partial charge in [-0.25, -0.2) is 9.78 Å². The van der Waals surface area contributed by atoms with Crippen LogP contribution in [0.5, 0.6) is 0 Å². The molecule has 2 atom stereocenters. The van der Waals surface area contributed by atoms with Crippen LogP contribution in [0.4, 0.5) is 0 Å². The van der Waals surface area contributed by atoms with Crippen molar-refractivity contribution in [1.29, 1.82) is 0 Å². The highest BCUT2D eigenvalue weighted by Crippen LogP contribution is 2.03. The number of carbonyl (C=O) groups is 2. The van der Waals surface area contributed by atoms with Gasteiger partial charge in [-0.15, -0.1) is 0 Å². The Bertz CT molecular complexity index is 402. The lowest BCUT2D eigenvalue weighted by Gasteiger charge is -2.20. The number of nitrogens with zero attached hydrogens (tertiary/aromatic N) is 1. The van der Waals surface area contributed by atoms with Gasteiger partial charge in [-0.1, -0.05) is 13.8 Å². The molecule has 5 N–H and O–H groups in total. The van der Waals surface area contributed by atoms with Crippen molar-refractivity contribution in [3.05, 3.63) is 18.2 Å². The third-order valence-electron chi connectivity index (χ3n) is 2.56. The zero-order valence-electron chi connectivity index (χ0n) is 10.4. The highest BCUT2D eigenvalue weighted by Gasteiger charge is 2.26. The van der Waals surface area contributed by atoms with E-state index in [1.807, 2.05) is 0 Å². The number of nitrogens with one attached hydrogen (secondary N) is 2. The third-order valence-corrected chi connectivity index (χ3v) is 2.56. The number of nitrogens with two attached hydrogens (primary N) is 1. The number of hydrogen-bond acceptors (Lipinski definition) is 4. The Labute approximate surface area is 105 Å². The number of carboxylic acid groups (broad SMARTS) is 1. The molecule has 0 saturated heterocycles. The summed E-state index contributed by atoms with van der Waals surface area (Å²) in [5.74, 6) is -1.75. The van der Waals surface area contributed by atoms with E-state index in [-0.39, 0.29) is 12.3 Å². The Morgan fingerprint density at radius 1 is 1.56 bits per heavy atom. The SMILES string of the molecule is CC(C)C(NC(=O)C(N)Cc1cnc[nH]1)C(=O)O. The fourth-order valence-corrected chi connectivity index (χ4v) is 1.50. The summed E-state index contributed by atoms with van der Waals surface area (Å²) in [5.41, 5.74) is 6.43. The third kappa shape index (κ3) is 3.85. The van der Waals surface area contributed by atoms with E-state index in [1.165, 1.54) is 6.33 Å². The summed E-state index contributed by atoms with van der Waals surface area (Å²) in [7, 11) is 0. The second-order valence-electron chi connectivity index (χ2n) is 4.46. The van der Waals surface area contributed by atoms with Crippen LogP contribution in [0.3, 0.4) is 0 Å². The van der Waals surface area contributed by atoms with Gasteiger partial charge in [0.1, 0.15) is 6.04 Å². The first-order valence-electron chi connectivity index (χ1n) is 5.67. The lowest BCUT2D eigenvalue weighted by Crippen LogP contribution is -2.51. The maximum Gasteiger partial charge on any atom is 0.326 e. The van der Waals surface area contributed by atoms with Gasteiger partial charge in [0.15, 0.2) is 0 Å². The number of carbonyl (C=O) groups excluding carboxylic acids is 1. The van der Waals surface area contributed by atoms with Crippen LogP contribution in [0, 0.1) is 5.92 Å². The summed E-state index contributed by atoms with van der Waals surface area (Å²) < 4.78 is 0. The molecule has 7 nitrogen and oxygen atoms in total. The quantitative estimate of drug-likeness (QED) is 0.545. The van der Waals surface area contributed by atoms with E-state index in [2.05, 4.69) is 15.3 Å². The van der Waals surface area contributed by atoms with Gasteiger partial charge in [0.25, 0.3) is 0 Å². The second kappa shape index (κ2) is 6.15. The molecule has 0 bridgehead atoms. The zero-order valence-corrected chi connectivity index (χ0v) is 10.4. The normalized spacial score (nSPS) is 14.2. The van der Waals surface area contributed by atoms with Gasteiger partial charge in [-0.2, -0.15) is 0 Å². The molecule has 0 radical (unpaired) electrons. The number of carboxylic acids is 1. The average Bonchev–Trinajstić information content (AvgIpc) is 2.77. The summed E-state index contributed by atoms with van der Waals surface area (Å²) in [6, 6.07) is -1.73. The van der Waals surface area contributed by atoms with Crippen LogP contribution >= 0.6 is 0 Å². The van der Waals surface area contributed by atoms with Crippen LogP contribution in [-0.4, -0.2) is 39.0 Å². The lowest BCUT2D eigenvalue weighted by atomic mass is 10.0. The van der Waals surface area contributed by atoms with E-state index >= 15 is 0 Å². The fourth-order valence-electron chi connectivity index (χ4n) is 1.50. The summed E-state index contributed by atoms with van der Waals surface area (Å²) in [4.78, 5) is 29.3. The predicted octanol–water partition coefficient (Wildman–Crippen LogP) is -0.495. The van der Waals surface area contributed by atoms with Crippen molar-refractivity contribution in [3.8, 4) is 0 Å². The number of aliphatic carboxylic acids is 1. The van der Waals surface area contributed by atoms with Crippen molar-refractivity contribution in [2.75, 3.05) is 0 Å². The highest BCUT2D eigenvalue weighted by molar-refractivity contribution is 5.87. The Balaban J connectivity index is 2.56. The largest absolute Gasteiger partial charge is 0.480 e. The molecule has 0 aliphatic rings. The number of hydrogen-bond donors (Lipinski definition) is 4. The molecule has 1 amide bonds. The molecule has 1 heterocycles. The highest BCUT2D eigenvalue weighted by atomic mass is 16.4. The molecule has 18 heavy (non-hydrogen) atoms. The maximum atomic E-state index is 11.8. The van der Waals surface area contributed by atoms with Crippen LogP contribution < -0.4 is 11.1 Å². The standard InChI is InChI=1S/C11H18N4O3/c1-6(2)9(11(17)18)15-10(16)8(12)3-7-4-13-5-14-7/h4-6,8-9H,3,12H2,1-2H3,(H,13,14)(H,15,16)(H,17,18). The predicted molar refractivity (Wildman–Crippen MR) is 64.7 cm³/mol. The number of aromatic amines is 1. The molecule has 7 heteroatoms. The Kier molecular flexibility index (Phi) is 4.85. The van der Waals surface area contributed by atoms with Crippen LogP contribution in [0.15, 0.2) is 12.5 Å². The fraction of sp³-hybridized carbons (Fsp3) is 0.545. The summed E-state index contributed by atoms with van der Waals surface area (Å²) >= 11 is 0. The molecule has 0 aliphatic carbocycles. The molecule has 1 rings (SSSR count). The van der Waals surface area contributed by atoms with Crippen LogP contribution in [0.25, 0.3) is 0 Å². The molecule has 0 spiro atoms. The minimum atomic E-state index is -1.06. The molecule has 0 aliphatic heterocycles. The minimum absolute atomic E-state index is 0.203. The van der Waals surface area contributed by atoms with Gasteiger partial charge in [0.2, 0.25) is 5.91 Å². The molecule has 0 aromatic carbocycles. The van der Waals surface area contributed by atoms with Gasteiger partial charge >= 0.3 is 5.97 Å². The number of amides is 1. The minimum Gasteiger partial charge on any atom is -0.480 e. The lowest BCUT2D eigenvalue weighted by molar-refractivity contribution is -0.143. The molecule has 0 saturated carbocycles. The molecular weight excluding hydrogens is 236 g/mol. The van der Waals surface area contributed by atoms with Crippen LogP contribution in [0.1, 0.15) is 19.5 Å². The van der Waals surface area contributed by atoms with E-state index in [0.717, 1.165) is 5.69 Å². The number of rotatable bonds is 6. The molecule has 2 unspecified atom stereocenters. The number of H-pyrrole nitrogens is 1. The van der Waals surface area contributed by atoms with Crippen LogP contribution in [-0.2, 0) is 16.0 Å². The van der Waals surface area contributed by atoms with Crippen molar-refractivity contribution in [2.24, 2.45) is 11.7 Å². The molecule has 100 valence electrons. The van der Waals surface area contributed by atoms with Crippen molar-refractivity contribution in [3.63, 3.8) is 0 Å². The number of aromatic nitrogens is 2. The van der Waals surface area contributed by atoms with Gasteiger partial charge in [0.05, 0.1) is 12.4 Å². The topological polar surface area (TPSA) is 121 Å². The van der Waals surface area contributed by atoms with E-state index in [4.69, 9.17) is 10.8 Å². The first kappa shape index (κ1) is 14.2.